The molecule has 0 radical (unpaired) electrons. The Kier molecular flexibility index (Phi) is 4.16. The van der Waals surface area contributed by atoms with Gasteiger partial charge < -0.3 is 10.1 Å². The minimum atomic E-state index is -3.77. The SMILES string of the molecule is CNC(=O)[C@]12CCO[C@H]1CCN(S(=O)(=O)c1ccc(F)cc1)C2. The first-order chi connectivity index (χ1) is 10.9. The van der Waals surface area contributed by atoms with Gasteiger partial charge >= 0.3 is 0 Å². The Morgan fingerprint density at radius 1 is 1.39 bits per heavy atom. The number of nitrogens with zero attached hydrogens (tertiary/aromatic N) is 1. The van der Waals surface area contributed by atoms with Gasteiger partial charge in [-0.05, 0) is 37.1 Å². The predicted octanol–water partition coefficient (Wildman–Crippen LogP) is 0.741. The molecule has 2 heterocycles. The highest BCUT2D eigenvalue weighted by Gasteiger charge is 2.54. The van der Waals surface area contributed by atoms with Crippen molar-refractivity contribution < 1.29 is 22.3 Å². The number of benzene rings is 1. The Morgan fingerprint density at radius 3 is 2.74 bits per heavy atom. The zero-order valence-corrected chi connectivity index (χ0v) is 13.6. The first-order valence-electron chi connectivity index (χ1n) is 7.50. The minimum absolute atomic E-state index is 0.0309. The molecule has 2 atom stereocenters. The molecule has 3 rings (SSSR count). The lowest BCUT2D eigenvalue weighted by atomic mass is 9.76. The van der Waals surface area contributed by atoms with E-state index in [4.69, 9.17) is 4.74 Å². The van der Waals surface area contributed by atoms with Crippen LogP contribution in [0.1, 0.15) is 12.8 Å². The number of carbonyl (C=O) groups is 1. The average Bonchev–Trinajstić information content (AvgIpc) is 2.98. The number of halogens is 1. The zero-order valence-electron chi connectivity index (χ0n) is 12.8. The molecule has 0 spiro atoms. The van der Waals surface area contributed by atoms with Crippen LogP contribution in [-0.4, -0.2) is 51.5 Å². The average molecular weight is 342 g/mol. The molecule has 0 aliphatic carbocycles. The molecular weight excluding hydrogens is 323 g/mol. The molecule has 2 aliphatic heterocycles. The molecule has 1 N–H and O–H groups in total. The smallest absolute Gasteiger partial charge is 0.243 e. The molecule has 8 heteroatoms. The third-order valence-electron chi connectivity index (χ3n) is 4.71. The van der Waals surface area contributed by atoms with Gasteiger partial charge in [0.05, 0.1) is 16.4 Å². The van der Waals surface area contributed by atoms with E-state index in [1.54, 1.807) is 7.05 Å². The molecule has 126 valence electrons. The van der Waals surface area contributed by atoms with Crippen molar-refractivity contribution in [2.45, 2.75) is 23.8 Å². The summed E-state index contributed by atoms with van der Waals surface area (Å²) in [5.74, 6) is -0.687. The zero-order chi connectivity index (χ0) is 16.7. The van der Waals surface area contributed by atoms with Crippen LogP contribution in [0.5, 0.6) is 0 Å². The van der Waals surface area contributed by atoms with E-state index in [9.17, 15) is 17.6 Å². The molecule has 2 fully saturated rings. The topological polar surface area (TPSA) is 75.7 Å². The standard InChI is InChI=1S/C15H19FN2O4S/c1-17-14(19)15-7-9-22-13(15)6-8-18(10-15)23(20,21)12-4-2-11(16)3-5-12/h2-5,13H,6-10H2,1H3,(H,17,19)/t13-,15-/m0/s1. The van der Waals surface area contributed by atoms with Gasteiger partial charge in [-0.2, -0.15) is 4.31 Å². The summed E-state index contributed by atoms with van der Waals surface area (Å²) >= 11 is 0. The van der Waals surface area contributed by atoms with Gasteiger partial charge in [0.2, 0.25) is 15.9 Å². The summed E-state index contributed by atoms with van der Waals surface area (Å²) in [6, 6.07) is 4.72. The second-order valence-corrected chi connectivity index (χ2v) is 7.86. The highest BCUT2D eigenvalue weighted by atomic mass is 32.2. The summed E-state index contributed by atoms with van der Waals surface area (Å²) in [4.78, 5) is 12.4. The van der Waals surface area contributed by atoms with E-state index in [0.29, 0.717) is 19.4 Å². The van der Waals surface area contributed by atoms with Gasteiger partial charge in [0, 0.05) is 26.7 Å². The van der Waals surface area contributed by atoms with Gasteiger partial charge in [-0.25, -0.2) is 12.8 Å². The van der Waals surface area contributed by atoms with Crippen LogP contribution >= 0.6 is 0 Å². The molecule has 0 unspecified atom stereocenters. The van der Waals surface area contributed by atoms with Crippen molar-refractivity contribution in [1.29, 1.82) is 0 Å². The highest BCUT2D eigenvalue weighted by Crippen LogP contribution is 2.42. The summed E-state index contributed by atoms with van der Waals surface area (Å²) in [5, 5.41) is 2.63. The van der Waals surface area contributed by atoms with Crippen LogP contribution in [0.4, 0.5) is 4.39 Å². The van der Waals surface area contributed by atoms with E-state index < -0.39 is 21.3 Å². The quantitative estimate of drug-likeness (QED) is 0.879. The number of hydrogen-bond donors (Lipinski definition) is 1. The van der Waals surface area contributed by atoms with Crippen LogP contribution in [0, 0.1) is 11.2 Å². The van der Waals surface area contributed by atoms with Gasteiger partial charge in [0.25, 0.3) is 0 Å². The van der Waals surface area contributed by atoms with Crippen LogP contribution in [0.15, 0.2) is 29.2 Å². The summed E-state index contributed by atoms with van der Waals surface area (Å²) < 4.78 is 45.5. The fraction of sp³-hybridized carbons (Fsp3) is 0.533. The second kappa shape index (κ2) is 5.85. The molecular formula is C15H19FN2O4S. The van der Waals surface area contributed by atoms with Gasteiger partial charge in [-0.3, -0.25) is 4.79 Å². The van der Waals surface area contributed by atoms with Gasteiger partial charge in [-0.1, -0.05) is 0 Å². The lowest BCUT2D eigenvalue weighted by Gasteiger charge is -2.41. The van der Waals surface area contributed by atoms with Crippen LogP contribution in [0.25, 0.3) is 0 Å². The number of rotatable bonds is 3. The fourth-order valence-electron chi connectivity index (χ4n) is 3.44. The second-order valence-electron chi connectivity index (χ2n) is 5.93. The van der Waals surface area contributed by atoms with E-state index >= 15 is 0 Å². The Bertz CT molecular complexity index is 707. The lowest BCUT2D eigenvalue weighted by molar-refractivity contribution is -0.136. The van der Waals surface area contributed by atoms with Gasteiger partial charge in [-0.15, -0.1) is 0 Å². The Morgan fingerprint density at radius 2 is 2.09 bits per heavy atom. The largest absolute Gasteiger partial charge is 0.377 e. The third kappa shape index (κ3) is 2.64. The van der Waals surface area contributed by atoms with Crippen LogP contribution in [0.2, 0.25) is 0 Å². The van der Waals surface area contributed by atoms with Crippen molar-refractivity contribution in [3.63, 3.8) is 0 Å². The van der Waals surface area contributed by atoms with E-state index in [2.05, 4.69) is 5.32 Å². The van der Waals surface area contributed by atoms with Crippen molar-refractivity contribution in [3.8, 4) is 0 Å². The Hall–Kier alpha value is -1.51. The molecule has 0 saturated carbocycles. The maximum Gasteiger partial charge on any atom is 0.243 e. The van der Waals surface area contributed by atoms with Crippen molar-refractivity contribution in [2.24, 2.45) is 5.41 Å². The van der Waals surface area contributed by atoms with E-state index in [-0.39, 0.29) is 30.0 Å². The van der Waals surface area contributed by atoms with Gasteiger partial charge in [0.1, 0.15) is 5.82 Å². The molecule has 1 aromatic carbocycles. The molecule has 1 aromatic rings. The molecule has 0 bridgehead atoms. The van der Waals surface area contributed by atoms with Crippen LogP contribution in [-0.2, 0) is 19.6 Å². The maximum absolute atomic E-state index is 13.0. The number of amides is 1. The number of hydrogen-bond acceptors (Lipinski definition) is 4. The van der Waals surface area contributed by atoms with Gasteiger partial charge in [0.15, 0.2) is 0 Å². The highest BCUT2D eigenvalue weighted by molar-refractivity contribution is 7.89. The monoisotopic (exact) mass is 342 g/mol. The number of nitrogens with one attached hydrogen (secondary N) is 1. The Balaban J connectivity index is 1.92. The summed E-state index contributed by atoms with van der Waals surface area (Å²) in [7, 11) is -2.22. The van der Waals surface area contributed by atoms with Crippen molar-refractivity contribution >= 4 is 15.9 Å². The predicted molar refractivity (Wildman–Crippen MR) is 80.6 cm³/mol. The molecule has 1 amide bonds. The number of carbonyl (C=O) groups excluding carboxylic acids is 1. The lowest BCUT2D eigenvalue weighted by Crippen LogP contribution is -2.57. The minimum Gasteiger partial charge on any atom is -0.377 e. The summed E-state index contributed by atoms with van der Waals surface area (Å²) in [6.45, 7) is 0.808. The molecule has 2 aliphatic rings. The maximum atomic E-state index is 13.0. The number of fused-ring (bicyclic) bond motifs is 1. The van der Waals surface area contributed by atoms with E-state index in [0.717, 1.165) is 12.1 Å². The fourth-order valence-corrected chi connectivity index (χ4v) is 4.96. The van der Waals surface area contributed by atoms with Crippen molar-refractivity contribution in [2.75, 3.05) is 26.7 Å². The molecule has 2 saturated heterocycles. The summed E-state index contributed by atoms with van der Waals surface area (Å²) in [6.07, 6.45) is 0.697. The molecule has 6 nitrogen and oxygen atoms in total. The first-order valence-corrected chi connectivity index (χ1v) is 8.94. The number of sulfonamides is 1. The summed E-state index contributed by atoms with van der Waals surface area (Å²) in [5.41, 5.74) is -0.847. The number of piperidine rings is 1. The first kappa shape index (κ1) is 16.4. The van der Waals surface area contributed by atoms with E-state index in [1.165, 1.54) is 16.4 Å². The van der Waals surface area contributed by atoms with Crippen molar-refractivity contribution in [1.82, 2.24) is 9.62 Å². The number of ether oxygens (including phenoxy) is 1. The van der Waals surface area contributed by atoms with Crippen LogP contribution < -0.4 is 5.32 Å². The third-order valence-corrected chi connectivity index (χ3v) is 6.57. The Labute approximate surface area is 134 Å². The molecule has 23 heavy (non-hydrogen) atoms. The van der Waals surface area contributed by atoms with E-state index in [1.807, 2.05) is 0 Å². The van der Waals surface area contributed by atoms with Crippen molar-refractivity contribution in [3.05, 3.63) is 30.1 Å². The molecule has 0 aromatic heterocycles. The normalized spacial score (nSPS) is 28.3. The van der Waals surface area contributed by atoms with Crippen LogP contribution in [0.3, 0.4) is 0 Å².